The minimum Gasteiger partial charge on any atom is -0.496 e. The minimum absolute atomic E-state index is 0.0734. The van der Waals surface area contributed by atoms with Crippen LogP contribution >= 0.6 is 15.9 Å². The number of fused-ring (bicyclic) bond motifs is 1. The van der Waals surface area contributed by atoms with E-state index in [9.17, 15) is 4.79 Å². The van der Waals surface area contributed by atoms with E-state index >= 15 is 0 Å². The van der Waals surface area contributed by atoms with Crippen LogP contribution in [0.1, 0.15) is 22.1 Å². The van der Waals surface area contributed by atoms with Crippen molar-refractivity contribution in [2.75, 3.05) is 19.1 Å². The number of carbonyl (C=O) groups is 1. The smallest absolute Gasteiger partial charge is 0.255 e. The molecule has 1 unspecified atom stereocenters. The quantitative estimate of drug-likeness (QED) is 0.906. The van der Waals surface area contributed by atoms with Crippen LogP contribution in [0.4, 0.5) is 5.69 Å². The summed E-state index contributed by atoms with van der Waals surface area (Å²) in [5.41, 5.74) is 2.51. The molecule has 0 fully saturated rings. The van der Waals surface area contributed by atoms with Gasteiger partial charge in [-0.1, -0.05) is 28.1 Å². The molecule has 4 nitrogen and oxygen atoms in total. The molecule has 1 aliphatic rings. The molecule has 21 heavy (non-hydrogen) atoms. The minimum atomic E-state index is -0.264. The van der Waals surface area contributed by atoms with Crippen molar-refractivity contribution in [2.45, 2.75) is 6.17 Å². The fraction of sp³-hybridized carbons (Fsp3) is 0.188. The summed E-state index contributed by atoms with van der Waals surface area (Å²) in [4.78, 5) is 14.4. The second kappa shape index (κ2) is 5.41. The highest BCUT2D eigenvalue weighted by atomic mass is 79.9. The van der Waals surface area contributed by atoms with Crippen LogP contribution in [-0.2, 0) is 0 Å². The van der Waals surface area contributed by atoms with Gasteiger partial charge in [0.2, 0.25) is 0 Å². The third-order valence-electron chi connectivity index (χ3n) is 3.67. The zero-order chi connectivity index (χ0) is 15.0. The summed E-state index contributed by atoms with van der Waals surface area (Å²) >= 11 is 3.47. The number of carbonyl (C=O) groups excluding carboxylic acids is 1. The molecular weight excluding hydrogens is 332 g/mol. The van der Waals surface area contributed by atoms with Gasteiger partial charge in [0, 0.05) is 17.1 Å². The van der Waals surface area contributed by atoms with E-state index in [-0.39, 0.29) is 12.1 Å². The highest BCUT2D eigenvalue weighted by Gasteiger charge is 2.30. The van der Waals surface area contributed by atoms with Crippen molar-refractivity contribution in [1.29, 1.82) is 0 Å². The van der Waals surface area contributed by atoms with Crippen LogP contribution in [0.15, 0.2) is 46.9 Å². The predicted molar refractivity (Wildman–Crippen MR) is 85.7 cm³/mol. The third-order valence-corrected chi connectivity index (χ3v) is 4.16. The lowest BCUT2D eigenvalue weighted by Gasteiger charge is -2.37. The van der Waals surface area contributed by atoms with E-state index in [1.165, 1.54) is 0 Å². The number of para-hydroxylation sites is 1. The van der Waals surface area contributed by atoms with Gasteiger partial charge < -0.3 is 15.0 Å². The highest BCUT2D eigenvalue weighted by Crippen LogP contribution is 2.36. The maximum atomic E-state index is 12.3. The Kier molecular flexibility index (Phi) is 3.59. The second-order valence-electron chi connectivity index (χ2n) is 4.89. The number of nitrogens with one attached hydrogen (secondary N) is 1. The van der Waals surface area contributed by atoms with Crippen LogP contribution < -0.4 is 15.0 Å². The molecule has 0 saturated carbocycles. The Morgan fingerprint density at radius 3 is 2.76 bits per heavy atom. The van der Waals surface area contributed by atoms with Gasteiger partial charge in [0.25, 0.3) is 5.91 Å². The van der Waals surface area contributed by atoms with Gasteiger partial charge in [-0.05, 0) is 30.3 Å². The van der Waals surface area contributed by atoms with E-state index < -0.39 is 0 Å². The van der Waals surface area contributed by atoms with E-state index in [0.717, 1.165) is 21.5 Å². The maximum Gasteiger partial charge on any atom is 0.255 e. The van der Waals surface area contributed by atoms with Gasteiger partial charge in [0.15, 0.2) is 0 Å². The highest BCUT2D eigenvalue weighted by molar-refractivity contribution is 9.10. The summed E-state index contributed by atoms with van der Waals surface area (Å²) in [6.07, 6.45) is -0.264. The van der Waals surface area contributed by atoms with Crippen LogP contribution in [0, 0.1) is 0 Å². The van der Waals surface area contributed by atoms with E-state index in [1.54, 1.807) is 7.11 Å². The molecule has 1 heterocycles. The van der Waals surface area contributed by atoms with Crippen LogP contribution in [0.2, 0.25) is 0 Å². The van der Waals surface area contributed by atoms with Crippen molar-refractivity contribution in [2.24, 2.45) is 0 Å². The van der Waals surface area contributed by atoms with Crippen LogP contribution in [0.5, 0.6) is 5.75 Å². The molecule has 0 saturated heterocycles. The number of amides is 1. The standard InChI is InChI=1S/C16H15BrN2O2/c1-19-13-6-4-3-5-11(13)16(20)18-15(19)12-9-10(17)7-8-14(12)21-2/h3-9,15H,1-2H3,(H,18,20). The van der Waals surface area contributed by atoms with Crippen molar-refractivity contribution in [3.63, 3.8) is 0 Å². The second-order valence-corrected chi connectivity index (χ2v) is 5.81. The Labute approximate surface area is 131 Å². The number of hydrogen-bond donors (Lipinski definition) is 1. The van der Waals surface area contributed by atoms with Crippen molar-refractivity contribution >= 4 is 27.5 Å². The molecule has 3 rings (SSSR count). The topological polar surface area (TPSA) is 41.6 Å². The van der Waals surface area contributed by atoms with Gasteiger partial charge in [-0.3, -0.25) is 4.79 Å². The first kappa shape index (κ1) is 13.9. The number of nitrogens with zero attached hydrogens (tertiary/aromatic N) is 1. The molecule has 0 bridgehead atoms. The maximum absolute atomic E-state index is 12.3. The summed E-state index contributed by atoms with van der Waals surface area (Å²) < 4.78 is 6.37. The Morgan fingerprint density at radius 1 is 1.24 bits per heavy atom. The average Bonchev–Trinajstić information content (AvgIpc) is 2.51. The molecule has 1 N–H and O–H groups in total. The summed E-state index contributed by atoms with van der Waals surface area (Å²) in [6, 6.07) is 13.4. The zero-order valence-electron chi connectivity index (χ0n) is 11.8. The summed E-state index contributed by atoms with van der Waals surface area (Å²) in [6.45, 7) is 0. The first-order chi connectivity index (χ1) is 10.1. The van der Waals surface area contributed by atoms with Gasteiger partial charge >= 0.3 is 0 Å². The van der Waals surface area contributed by atoms with Crippen molar-refractivity contribution < 1.29 is 9.53 Å². The first-order valence-corrected chi connectivity index (χ1v) is 7.37. The van der Waals surface area contributed by atoms with E-state index in [1.807, 2.05) is 54.4 Å². The predicted octanol–water partition coefficient (Wildman–Crippen LogP) is 3.34. The lowest BCUT2D eigenvalue weighted by atomic mass is 10.0. The molecule has 1 aliphatic heterocycles. The van der Waals surface area contributed by atoms with Gasteiger partial charge in [0.1, 0.15) is 11.9 Å². The van der Waals surface area contributed by atoms with Gasteiger partial charge in [0.05, 0.1) is 18.4 Å². The zero-order valence-corrected chi connectivity index (χ0v) is 13.3. The van der Waals surface area contributed by atoms with Crippen molar-refractivity contribution in [1.82, 2.24) is 5.32 Å². The molecule has 1 atom stereocenters. The monoisotopic (exact) mass is 346 g/mol. The molecule has 0 aliphatic carbocycles. The molecule has 0 aromatic heterocycles. The lowest BCUT2D eigenvalue weighted by molar-refractivity contribution is 0.0927. The van der Waals surface area contributed by atoms with Crippen molar-refractivity contribution in [3.05, 3.63) is 58.1 Å². The first-order valence-electron chi connectivity index (χ1n) is 6.58. The Morgan fingerprint density at radius 2 is 2.00 bits per heavy atom. The Bertz CT molecular complexity index is 702. The fourth-order valence-corrected chi connectivity index (χ4v) is 3.00. The summed E-state index contributed by atoms with van der Waals surface area (Å²) in [5.74, 6) is 0.672. The number of rotatable bonds is 2. The molecule has 5 heteroatoms. The van der Waals surface area contributed by atoms with Crippen molar-refractivity contribution in [3.8, 4) is 5.75 Å². The van der Waals surface area contributed by atoms with Crippen LogP contribution in [0.25, 0.3) is 0 Å². The SMILES string of the molecule is COc1ccc(Br)cc1C1NC(=O)c2ccccc2N1C. The Balaban J connectivity index is 2.09. The normalized spacial score (nSPS) is 17.2. The van der Waals surface area contributed by atoms with Gasteiger partial charge in [-0.15, -0.1) is 0 Å². The molecule has 1 amide bonds. The van der Waals surface area contributed by atoms with Gasteiger partial charge in [-0.2, -0.15) is 0 Å². The molecule has 0 spiro atoms. The third kappa shape index (κ3) is 2.38. The number of methoxy groups -OCH3 is 1. The molecular formula is C16H15BrN2O2. The fourth-order valence-electron chi connectivity index (χ4n) is 2.62. The van der Waals surface area contributed by atoms with E-state index in [0.29, 0.717) is 5.56 Å². The molecule has 0 radical (unpaired) electrons. The number of hydrogen-bond acceptors (Lipinski definition) is 3. The van der Waals surface area contributed by atoms with Crippen LogP contribution in [0.3, 0.4) is 0 Å². The lowest BCUT2D eigenvalue weighted by Crippen LogP contribution is -2.44. The molecule has 2 aromatic carbocycles. The van der Waals surface area contributed by atoms with E-state index in [4.69, 9.17) is 4.74 Å². The Hall–Kier alpha value is -2.01. The van der Waals surface area contributed by atoms with E-state index in [2.05, 4.69) is 21.2 Å². The summed E-state index contributed by atoms with van der Waals surface area (Å²) in [7, 11) is 3.59. The average molecular weight is 347 g/mol. The molecule has 2 aromatic rings. The number of halogens is 1. The number of ether oxygens (including phenoxy) is 1. The summed E-state index contributed by atoms with van der Waals surface area (Å²) in [5, 5.41) is 3.03. The van der Waals surface area contributed by atoms with Gasteiger partial charge in [-0.25, -0.2) is 0 Å². The van der Waals surface area contributed by atoms with Crippen LogP contribution in [-0.4, -0.2) is 20.1 Å². The molecule has 108 valence electrons. The largest absolute Gasteiger partial charge is 0.496 e. The number of anilines is 1. The number of benzene rings is 2.